The van der Waals surface area contributed by atoms with Gasteiger partial charge >= 0.3 is 0 Å². The van der Waals surface area contributed by atoms with Gasteiger partial charge in [0, 0.05) is 13.1 Å². The topological polar surface area (TPSA) is 41.3 Å². The highest BCUT2D eigenvalue weighted by Gasteiger charge is 2.33. The average Bonchev–Trinajstić information content (AvgIpc) is 2.76. The van der Waals surface area contributed by atoms with Gasteiger partial charge in [-0.2, -0.15) is 0 Å². The van der Waals surface area contributed by atoms with Gasteiger partial charge in [0.25, 0.3) is 0 Å². The first kappa shape index (κ1) is 14.1. The van der Waals surface area contributed by atoms with E-state index in [1.165, 1.54) is 12.5 Å². The lowest BCUT2D eigenvalue weighted by Gasteiger charge is -2.32. The standard InChI is InChI=1S/C15H24FN3/c1-15(2,11-7-8-19(3)9-11)10-18-14-12(16)5-4-6-13(14)17/h4-6,11,18H,7-10,17H2,1-3H3. The third kappa shape index (κ3) is 3.18. The van der Waals surface area contributed by atoms with Gasteiger partial charge < -0.3 is 16.0 Å². The number of rotatable bonds is 4. The van der Waals surface area contributed by atoms with Gasteiger partial charge in [0.15, 0.2) is 0 Å². The van der Waals surface area contributed by atoms with Gasteiger partial charge in [-0.3, -0.25) is 0 Å². The molecule has 4 heteroatoms. The van der Waals surface area contributed by atoms with E-state index in [0.29, 0.717) is 17.3 Å². The van der Waals surface area contributed by atoms with Crippen LogP contribution < -0.4 is 11.1 Å². The first-order chi connectivity index (χ1) is 8.90. The van der Waals surface area contributed by atoms with Gasteiger partial charge in [0.2, 0.25) is 0 Å². The minimum Gasteiger partial charge on any atom is -0.397 e. The molecule has 3 N–H and O–H groups in total. The summed E-state index contributed by atoms with van der Waals surface area (Å²) in [5, 5.41) is 3.19. The molecule has 0 spiro atoms. The van der Waals surface area contributed by atoms with E-state index >= 15 is 0 Å². The van der Waals surface area contributed by atoms with Gasteiger partial charge in [0.1, 0.15) is 5.82 Å². The molecule has 2 rings (SSSR count). The predicted octanol–water partition coefficient (Wildman–Crippen LogP) is 2.80. The Kier molecular flexibility index (Phi) is 3.99. The first-order valence-electron chi connectivity index (χ1n) is 6.86. The molecule has 1 aliphatic heterocycles. The Bertz CT molecular complexity index is 425. The van der Waals surface area contributed by atoms with E-state index < -0.39 is 0 Å². The van der Waals surface area contributed by atoms with Crippen molar-refractivity contribution in [2.45, 2.75) is 20.3 Å². The Hall–Kier alpha value is -1.29. The zero-order valence-electron chi connectivity index (χ0n) is 12.0. The fourth-order valence-electron chi connectivity index (χ4n) is 2.76. The Morgan fingerprint density at radius 3 is 2.79 bits per heavy atom. The summed E-state index contributed by atoms with van der Waals surface area (Å²) in [4.78, 5) is 2.35. The van der Waals surface area contributed by atoms with E-state index in [9.17, 15) is 4.39 Å². The average molecular weight is 265 g/mol. The van der Waals surface area contributed by atoms with Crippen molar-refractivity contribution in [2.24, 2.45) is 11.3 Å². The summed E-state index contributed by atoms with van der Waals surface area (Å²) in [7, 11) is 2.15. The summed E-state index contributed by atoms with van der Waals surface area (Å²) in [6, 6.07) is 4.80. The van der Waals surface area contributed by atoms with Crippen LogP contribution in [0.1, 0.15) is 20.3 Å². The second-order valence-corrected chi connectivity index (χ2v) is 6.29. The summed E-state index contributed by atoms with van der Waals surface area (Å²) in [6.45, 7) is 7.47. The largest absolute Gasteiger partial charge is 0.397 e. The van der Waals surface area contributed by atoms with Gasteiger partial charge in [-0.1, -0.05) is 19.9 Å². The van der Waals surface area contributed by atoms with Crippen LogP contribution in [-0.2, 0) is 0 Å². The van der Waals surface area contributed by atoms with Crippen molar-refractivity contribution in [1.82, 2.24) is 4.90 Å². The molecule has 1 aromatic carbocycles. The molecule has 1 aromatic rings. The number of hydrogen-bond donors (Lipinski definition) is 2. The highest BCUT2D eigenvalue weighted by molar-refractivity contribution is 5.66. The summed E-state index contributed by atoms with van der Waals surface area (Å²) in [5.74, 6) is 0.359. The number of benzene rings is 1. The smallest absolute Gasteiger partial charge is 0.148 e. The lowest BCUT2D eigenvalue weighted by atomic mass is 9.78. The maximum Gasteiger partial charge on any atom is 0.148 e. The monoisotopic (exact) mass is 265 g/mol. The Labute approximate surface area is 115 Å². The van der Waals surface area contributed by atoms with Crippen LogP contribution in [0.5, 0.6) is 0 Å². The highest BCUT2D eigenvalue weighted by Crippen LogP contribution is 2.34. The van der Waals surface area contributed by atoms with Crippen LogP contribution in [0.15, 0.2) is 18.2 Å². The second kappa shape index (κ2) is 5.37. The van der Waals surface area contributed by atoms with E-state index in [1.54, 1.807) is 12.1 Å². The molecule has 19 heavy (non-hydrogen) atoms. The normalized spacial score (nSPS) is 20.7. The summed E-state index contributed by atoms with van der Waals surface area (Å²) in [5.41, 5.74) is 6.84. The van der Waals surface area contributed by atoms with Crippen molar-refractivity contribution < 1.29 is 4.39 Å². The van der Waals surface area contributed by atoms with Crippen molar-refractivity contribution in [2.75, 3.05) is 37.7 Å². The molecule has 1 fully saturated rings. The van der Waals surface area contributed by atoms with E-state index in [1.807, 2.05) is 0 Å². The minimum atomic E-state index is -0.278. The van der Waals surface area contributed by atoms with E-state index in [2.05, 4.69) is 31.1 Å². The van der Waals surface area contributed by atoms with Crippen LogP contribution in [0.4, 0.5) is 15.8 Å². The minimum absolute atomic E-state index is 0.124. The van der Waals surface area contributed by atoms with Gasteiger partial charge in [-0.05, 0) is 43.5 Å². The SMILES string of the molecule is CN1CCC(C(C)(C)CNc2c(N)cccc2F)C1. The lowest BCUT2D eigenvalue weighted by molar-refractivity contribution is 0.230. The highest BCUT2D eigenvalue weighted by atomic mass is 19.1. The maximum atomic E-state index is 13.7. The molecule has 0 aromatic heterocycles. The molecule has 1 saturated heterocycles. The molecule has 1 aliphatic rings. The van der Waals surface area contributed by atoms with Crippen LogP contribution in [0.2, 0.25) is 0 Å². The van der Waals surface area contributed by atoms with E-state index in [-0.39, 0.29) is 11.2 Å². The fraction of sp³-hybridized carbons (Fsp3) is 0.600. The van der Waals surface area contributed by atoms with Crippen molar-refractivity contribution >= 4 is 11.4 Å². The number of nitrogens with one attached hydrogen (secondary N) is 1. The Balaban J connectivity index is 2.01. The van der Waals surface area contributed by atoms with Crippen LogP contribution in [0, 0.1) is 17.2 Å². The van der Waals surface area contributed by atoms with Crippen molar-refractivity contribution in [3.05, 3.63) is 24.0 Å². The second-order valence-electron chi connectivity index (χ2n) is 6.29. The number of para-hydroxylation sites is 1. The fourth-order valence-corrected chi connectivity index (χ4v) is 2.76. The molecule has 0 amide bonds. The lowest BCUT2D eigenvalue weighted by Crippen LogP contribution is -2.33. The molecular formula is C15H24FN3. The number of nitrogens with zero attached hydrogens (tertiary/aromatic N) is 1. The quantitative estimate of drug-likeness (QED) is 0.823. The maximum absolute atomic E-state index is 13.7. The van der Waals surface area contributed by atoms with Crippen molar-refractivity contribution in [3.8, 4) is 0 Å². The summed E-state index contributed by atoms with van der Waals surface area (Å²) < 4.78 is 13.7. The zero-order chi connectivity index (χ0) is 14.0. The molecule has 1 heterocycles. The number of likely N-dealkylation sites (tertiary alicyclic amines) is 1. The van der Waals surface area contributed by atoms with E-state index in [0.717, 1.165) is 19.6 Å². The molecule has 106 valence electrons. The van der Waals surface area contributed by atoms with Crippen LogP contribution in [0.25, 0.3) is 0 Å². The number of halogens is 1. The first-order valence-corrected chi connectivity index (χ1v) is 6.86. The summed E-state index contributed by atoms with van der Waals surface area (Å²) in [6.07, 6.45) is 1.21. The van der Waals surface area contributed by atoms with Gasteiger partial charge in [0.05, 0.1) is 11.4 Å². The number of hydrogen-bond acceptors (Lipinski definition) is 3. The molecule has 0 saturated carbocycles. The molecular weight excluding hydrogens is 241 g/mol. The van der Waals surface area contributed by atoms with Gasteiger partial charge in [-0.25, -0.2) is 4.39 Å². The third-order valence-electron chi connectivity index (χ3n) is 4.26. The molecule has 1 atom stereocenters. The predicted molar refractivity (Wildman–Crippen MR) is 78.7 cm³/mol. The van der Waals surface area contributed by atoms with Crippen LogP contribution in [0.3, 0.4) is 0 Å². The van der Waals surface area contributed by atoms with E-state index in [4.69, 9.17) is 5.73 Å². The molecule has 0 radical (unpaired) electrons. The number of nitrogens with two attached hydrogens (primary N) is 1. The van der Waals surface area contributed by atoms with Crippen LogP contribution >= 0.6 is 0 Å². The number of nitrogen functional groups attached to an aromatic ring is 1. The Morgan fingerprint density at radius 2 is 2.21 bits per heavy atom. The summed E-state index contributed by atoms with van der Waals surface area (Å²) >= 11 is 0. The molecule has 3 nitrogen and oxygen atoms in total. The van der Waals surface area contributed by atoms with Gasteiger partial charge in [-0.15, -0.1) is 0 Å². The molecule has 0 bridgehead atoms. The van der Waals surface area contributed by atoms with Crippen molar-refractivity contribution in [1.29, 1.82) is 0 Å². The van der Waals surface area contributed by atoms with Crippen molar-refractivity contribution in [3.63, 3.8) is 0 Å². The number of anilines is 2. The Morgan fingerprint density at radius 1 is 1.47 bits per heavy atom. The molecule has 0 aliphatic carbocycles. The third-order valence-corrected chi connectivity index (χ3v) is 4.26. The van der Waals surface area contributed by atoms with Crippen LogP contribution in [-0.4, -0.2) is 31.6 Å². The zero-order valence-corrected chi connectivity index (χ0v) is 12.0. The molecule has 1 unspecified atom stereocenters.